The topological polar surface area (TPSA) is 48.5 Å². The minimum atomic E-state index is 0.624. The van der Waals surface area contributed by atoms with Gasteiger partial charge in [0.25, 0.3) is 0 Å². The van der Waals surface area contributed by atoms with Gasteiger partial charge in [0.2, 0.25) is 0 Å². The zero-order valence-electron chi connectivity index (χ0n) is 33.4. The highest BCUT2D eigenvalue weighted by atomic mass is 15.0. The number of para-hydroxylation sites is 3. The molecule has 3 aromatic heterocycles. The fourth-order valence-corrected chi connectivity index (χ4v) is 9.72. The Morgan fingerprint density at radius 2 is 0.806 bits per heavy atom. The van der Waals surface area contributed by atoms with E-state index in [0.717, 1.165) is 66.0 Å². The van der Waals surface area contributed by atoms with Crippen molar-refractivity contribution in [2.45, 2.75) is 0 Å². The third-order valence-corrected chi connectivity index (χ3v) is 12.5. The number of benzene rings is 10. The zero-order chi connectivity index (χ0) is 40.7. The Labute approximate surface area is 356 Å². The van der Waals surface area contributed by atoms with E-state index in [4.69, 9.17) is 15.0 Å². The van der Waals surface area contributed by atoms with Crippen molar-refractivity contribution in [2.24, 2.45) is 0 Å². The van der Waals surface area contributed by atoms with Crippen LogP contribution in [0.5, 0.6) is 0 Å². The molecule has 0 amide bonds. The van der Waals surface area contributed by atoms with Gasteiger partial charge in [0, 0.05) is 49.3 Å². The average molecular weight is 790 g/mol. The first-order valence-electron chi connectivity index (χ1n) is 21.0. The van der Waals surface area contributed by atoms with Crippen molar-refractivity contribution < 1.29 is 0 Å². The highest BCUT2D eigenvalue weighted by molar-refractivity contribution is 6.15. The van der Waals surface area contributed by atoms with Crippen LogP contribution in [-0.4, -0.2) is 24.1 Å². The molecule has 0 spiro atoms. The molecule has 0 saturated carbocycles. The summed E-state index contributed by atoms with van der Waals surface area (Å²) in [6.07, 6.45) is 0. The van der Waals surface area contributed by atoms with E-state index in [1.54, 1.807) is 0 Å². The van der Waals surface area contributed by atoms with Crippen LogP contribution in [0.4, 0.5) is 0 Å². The maximum atomic E-state index is 5.37. The zero-order valence-corrected chi connectivity index (χ0v) is 33.4. The Morgan fingerprint density at radius 1 is 0.274 bits per heavy atom. The van der Waals surface area contributed by atoms with Gasteiger partial charge in [-0.3, -0.25) is 0 Å². The van der Waals surface area contributed by atoms with Crippen LogP contribution in [0.25, 0.3) is 121 Å². The molecule has 0 radical (unpaired) electrons. The first kappa shape index (κ1) is 34.5. The number of rotatable bonds is 5. The molecule has 0 saturated heterocycles. The second-order valence-electron chi connectivity index (χ2n) is 16.0. The second-order valence-corrected chi connectivity index (χ2v) is 16.0. The predicted octanol–water partition coefficient (Wildman–Crippen LogP) is 14.5. The van der Waals surface area contributed by atoms with Gasteiger partial charge in [0.05, 0.1) is 27.8 Å². The molecule has 0 unspecified atom stereocenters. The highest BCUT2D eigenvalue weighted by Crippen LogP contribution is 2.40. The van der Waals surface area contributed by atoms with Gasteiger partial charge in [-0.05, 0) is 93.7 Å². The fraction of sp³-hybridized carbons (Fsp3) is 0. The first-order chi connectivity index (χ1) is 30.7. The fourth-order valence-electron chi connectivity index (χ4n) is 9.72. The van der Waals surface area contributed by atoms with E-state index < -0.39 is 0 Å². The summed E-state index contributed by atoms with van der Waals surface area (Å²) in [5.41, 5.74) is 9.69. The lowest BCUT2D eigenvalue weighted by molar-refractivity contribution is 1.08. The Hall–Kier alpha value is -8.41. The van der Waals surface area contributed by atoms with Crippen molar-refractivity contribution in [2.75, 3.05) is 0 Å². The number of nitrogens with zero attached hydrogens (tertiary/aromatic N) is 5. The molecule has 288 valence electrons. The van der Waals surface area contributed by atoms with Crippen LogP contribution in [0.3, 0.4) is 0 Å². The summed E-state index contributed by atoms with van der Waals surface area (Å²) in [5, 5.41) is 11.6. The van der Waals surface area contributed by atoms with E-state index in [2.05, 4.69) is 221 Å². The summed E-state index contributed by atoms with van der Waals surface area (Å²) in [7, 11) is 0. The van der Waals surface area contributed by atoms with Crippen LogP contribution < -0.4 is 0 Å². The average Bonchev–Trinajstić information content (AvgIpc) is 3.84. The van der Waals surface area contributed by atoms with Crippen molar-refractivity contribution >= 4 is 75.9 Å². The van der Waals surface area contributed by atoms with Gasteiger partial charge in [0.15, 0.2) is 17.5 Å². The van der Waals surface area contributed by atoms with Crippen LogP contribution in [0.1, 0.15) is 0 Å². The van der Waals surface area contributed by atoms with Gasteiger partial charge >= 0.3 is 0 Å². The molecule has 0 aliphatic carbocycles. The van der Waals surface area contributed by atoms with Crippen LogP contribution in [-0.2, 0) is 0 Å². The third-order valence-electron chi connectivity index (χ3n) is 12.5. The molecule has 0 aliphatic rings. The van der Waals surface area contributed by atoms with E-state index in [9.17, 15) is 0 Å². The molecule has 0 aliphatic heterocycles. The number of hydrogen-bond donors (Lipinski definition) is 0. The molecular formula is C57H35N5. The highest BCUT2D eigenvalue weighted by Gasteiger charge is 2.21. The molecule has 62 heavy (non-hydrogen) atoms. The van der Waals surface area contributed by atoms with Crippen LogP contribution in [0, 0.1) is 0 Å². The molecule has 3 heterocycles. The van der Waals surface area contributed by atoms with Crippen molar-refractivity contribution in [1.29, 1.82) is 0 Å². The summed E-state index contributed by atoms with van der Waals surface area (Å²) >= 11 is 0. The molecule has 5 nitrogen and oxygen atoms in total. The molecule has 13 aromatic rings. The molecule has 0 atom stereocenters. The van der Waals surface area contributed by atoms with E-state index >= 15 is 0 Å². The van der Waals surface area contributed by atoms with Gasteiger partial charge in [-0.2, -0.15) is 0 Å². The van der Waals surface area contributed by atoms with Crippen molar-refractivity contribution in [3.8, 4) is 45.5 Å². The summed E-state index contributed by atoms with van der Waals surface area (Å²) < 4.78 is 4.76. The molecule has 10 aromatic carbocycles. The summed E-state index contributed by atoms with van der Waals surface area (Å²) in [5.74, 6) is 1.88. The Morgan fingerprint density at radius 3 is 1.56 bits per heavy atom. The quantitative estimate of drug-likeness (QED) is 0.174. The largest absolute Gasteiger partial charge is 0.309 e. The maximum Gasteiger partial charge on any atom is 0.164 e. The predicted molar refractivity (Wildman–Crippen MR) is 257 cm³/mol. The minimum Gasteiger partial charge on any atom is -0.309 e. The summed E-state index contributed by atoms with van der Waals surface area (Å²) in [4.78, 5) is 16.0. The third kappa shape index (κ3) is 5.25. The van der Waals surface area contributed by atoms with E-state index in [1.807, 2.05) is 0 Å². The van der Waals surface area contributed by atoms with Crippen molar-refractivity contribution in [3.05, 3.63) is 212 Å². The van der Waals surface area contributed by atoms with E-state index in [-0.39, 0.29) is 0 Å². The normalized spacial score (nSPS) is 11.9. The Kier molecular flexibility index (Phi) is 7.54. The maximum absolute atomic E-state index is 5.37. The van der Waals surface area contributed by atoms with Crippen LogP contribution in [0.2, 0.25) is 0 Å². The van der Waals surface area contributed by atoms with Crippen LogP contribution >= 0.6 is 0 Å². The van der Waals surface area contributed by atoms with Gasteiger partial charge in [0.1, 0.15) is 0 Å². The molecule has 0 bridgehead atoms. The van der Waals surface area contributed by atoms with Crippen molar-refractivity contribution in [3.63, 3.8) is 0 Å². The van der Waals surface area contributed by atoms with Gasteiger partial charge in [-0.15, -0.1) is 0 Å². The smallest absolute Gasteiger partial charge is 0.164 e. The minimum absolute atomic E-state index is 0.624. The lowest BCUT2D eigenvalue weighted by Gasteiger charge is -2.15. The number of aromatic nitrogens is 5. The van der Waals surface area contributed by atoms with Crippen LogP contribution in [0.15, 0.2) is 212 Å². The molecule has 0 N–H and O–H groups in total. The molecular weight excluding hydrogens is 755 g/mol. The number of hydrogen-bond acceptors (Lipinski definition) is 3. The lowest BCUT2D eigenvalue weighted by atomic mass is 10.0. The second kappa shape index (κ2) is 13.6. The van der Waals surface area contributed by atoms with E-state index in [1.165, 1.54) is 38.0 Å². The Bertz CT molecular complexity index is 3930. The molecule has 13 rings (SSSR count). The SMILES string of the molecule is c1ccc(-n2c3ccccc3c3cc(-c4nc(-c5cccc6ccccc56)nc(-c5ccc(-n6c7ccccc7c7cc8ccccc8cc76)c6ccccc56)n4)ccc32)cc1. The standard InChI is InChI=1S/C57H35N5/c1-2-19-40(20-3-1)61-50-27-12-10-24-44(50)48-34-39(29-31-53(48)61)55-58-56(46-26-14-18-36-15-6-7-21-41(36)46)60-57(59-55)47-30-32-52(43-23-9-8-22-42(43)47)62-51-28-13-11-25-45(51)49-33-37-16-4-5-17-38(37)35-54(49)62/h1-35H. The first-order valence-corrected chi connectivity index (χ1v) is 21.0. The molecule has 5 heteroatoms. The monoisotopic (exact) mass is 789 g/mol. The van der Waals surface area contributed by atoms with Crippen molar-refractivity contribution in [1.82, 2.24) is 24.1 Å². The van der Waals surface area contributed by atoms with E-state index in [0.29, 0.717) is 17.5 Å². The van der Waals surface area contributed by atoms with Gasteiger partial charge in [-0.25, -0.2) is 15.0 Å². The van der Waals surface area contributed by atoms with Gasteiger partial charge < -0.3 is 9.13 Å². The summed E-state index contributed by atoms with van der Waals surface area (Å²) in [6, 6.07) is 75.7. The van der Waals surface area contributed by atoms with Gasteiger partial charge in [-0.1, -0.05) is 146 Å². The number of fused-ring (bicyclic) bond motifs is 9. The lowest BCUT2D eigenvalue weighted by Crippen LogP contribution is -2.02. The summed E-state index contributed by atoms with van der Waals surface area (Å²) in [6.45, 7) is 0. The molecule has 0 fully saturated rings. The Balaban J connectivity index is 1.05.